The van der Waals surface area contributed by atoms with Crippen LogP contribution in [-0.2, 0) is 13.6 Å². The number of nitrogens with zero attached hydrogens (tertiary/aromatic N) is 2. The molecule has 0 aliphatic carbocycles. The second-order valence-corrected chi connectivity index (χ2v) is 4.45. The quantitative estimate of drug-likeness (QED) is 0.724. The molecule has 3 N–H and O–H groups in total. The van der Waals surface area contributed by atoms with Gasteiger partial charge in [-0.2, -0.15) is 0 Å². The number of nitrogens with one attached hydrogen (secondary N) is 1. The molecule has 6 nitrogen and oxygen atoms in total. The van der Waals surface area contributed by atoms with Crippen LogP contribution in [0.1, 0.15) is 11.5 Å². The van der Waals surface area contributed by atoms with Crippen LogP contribution in [0.4, 0.5) is 0 Å². The van der Waals surface area contributed by atoms with Crippen molar-refractivity contribution in [1.29, 1.82) is 0 Å². The van der Waals surface area contributed by atoms with E-state index in [0.717, 1.165) is 22.8 Å². The van der Waals surface area contributed by atoms with Crippen LogP contribution in [0.25, 0.3) is 22.4 Å². The molecular weight excluding hydrogens is 244 g/mol. The standard InChI is InChI=1S/C13H14N4O2/c1-7-12(16-11(6-14)17(7)2)8-3-4-9-10(5-8)19-13(18)15-9/h3-5H,6,14H2,1-2H3,(H,15,18). The molecular formula is C13H14N4O2. The van der Waals surface area contributed by atoms with Crippen LogP contribution in [0.15, 0.2) is 27.4 Å². The Hall–Kier alpha value is -2.34. The molecule has 3 rings (SSSR count). The molecule has 0 saturated carbocycles. The van der Waals surface area contributed by atoms with Crippen LogP contribution in [0.2, 0.25) is 0 Å². The summed E-state index contributed by atoms with van der Waals surface area (Å²) >= 11 is 0. The number of nitrogens with two attached hydrogens (primary N) is 1. The first kappa shape index (κ1) is 11.7. The maximum atomic E-state index is 11.1. The molecule has 0 saturated heterocycles. The van der Waals surface area contributed by atoms with Gasteiger partial charge in [-0.05, 0) is 19.1 Å². The van der Waals surface area contributed by atoms with E-state index in [4.69, 9.17) is 10.2 Å². The van der Waals surface area contributed by atoms with Crippen LogP contribution in [0.5, 0.6) is 0 Å². The minimum atomic E-state index is -0.451. The second-order valence-electron chi connectivity index (χ2n) is 4.45. The van der Waals surface area contributed by atoms with Crippen LogP contribution in [0, 0.1) is 6.92 Å². The second kappa shape index (κ2) is 4.10. The van der Waals surface area contributed by atoms with Gasteiger partial charge in [-0.15, -0.1) is 0 Å². The van der Waals surface area contributed by atoms with E-state index in [-0.39, 0.29) is 0 Å². The average Bonchev–Trinajstić information content (AvgIpc) is 2.90. The van der Waals surface area contributed by atoms with Gasteiger partial charge >= 0.3 is 5.76 Å². The van der Waals surface area contributed by atoms with Crippen molar-refractivity contribution in [2.45, 2.75) is 13.5 Å². The van der Waals surface area contributed by atoms with Crippen molar-refractivity contribution in [1.82, 2.24) is 14.5 Å². The van der Waals surface area contributed by atoms with Crippen molar-refractivity contribution in [3.63, 3.8) is 0 Å². The van der Waals surface area contributed by atoms with Gasteiger partial charge in [0, 0.05) is 18.3 Å². The number of H-pyrrole nitrogens is 1. The van der Waals surface area contributed by atoms with Gasteiger partial charge in [0.05, 0.1) is 17.8 Å². The number of aromatic nitrogens is 3. The fourth-order valence-electron chi connectivity index (χ4n) is 2.19. The molecule has 1 aromatic carbocycles. The van der Waals surface area contributed by atoms with Crippen molar-refractivity contribution in [2.24, 2.45) is 12.8 Å². The molecule has 0 aliphatic heterocycles. The number of fused-ring (bicyclic) bond motifs is 1. The fourth-order valence-corrected chi connectivity index (χ4v) is 2.19. The van der Waals surface area contributed by atoms with Gasteiger partial charge in [0.25, 0.3) is 0 Å². The highest BCUT2D eigenvalue weighted by atomic mass is 16.4. The highest BCUT2D eigenvalue weighted by Gasteiger charge is 2.13. The maximum absolute atomic E-state index is 11.1. The fraction of sp³-hybridized carbons (Fsp3) is 0.231. The number of imidazole rings is 1. The number of hydrogen-bond acceptors (Lipinski definition) is 4. The topological polar surface area (TPSA) is 89.8 Å². The van der Waals surface area contributed by atoms with Crippen molar-refractivity contribution in [2.75, 3.05) is 0 Å². The predicted octanol–water partition coefficient (Wildman–Crippen LogP) is 1.29. The molecule has 0 radical (unpaired) electrons. The minimum Gasteiger partial charge on any atom is -0.408 e. The molecule has 6 heteroatoms. The first-order valence-corrected chi connectivity index (χ1v) is 5.95. The van der Waals surface area contributed by atoms with Gasteiger partial charge in [0.1, 0.15) is 5.82 Å². The normalized spacial score (nSPS) is 11.3. The Labute approximate surface area is 108 Å². The third-order valence-electron chi connectivity index (χ3n) is 3.35. The van der Waals surface area contributed by atoms with E-state index in [1.807, 2.05) is 36.7 Å². The lowest BCUT2D eigenvalue weighted by Crippen LogP contribution is -2.05. The smallest absolute Gasteiger partial charge is 0.408 e. The Morgan fingerprint density at radius 3 is 2.95 bits per heavy atom. The van der Waals surface area contributed by atoms with Gasteiger partial charge in [-0.25, -0.2) is 9.78 Å². The van der Waals surface area contributed by atoms with E-state index in [9.17, 15) is 4.79 Å². The Morgan fingerprint density at radius 2 is 2.26 bits per heavy atom. The predicted molar refractivity (Wildman–Crippen MR) is 71.7 cm³/mol. The lowest BCUT2D eigenvalue weighted by molar-refractivity contribution is 0.555. The Balaban J connectivity index is 2.21. The van der Waals surface area contributed by atoms with Crippen molar-refractivity contribution in [3.8, 4) is 11.3 Å². The van der Waals surface area contributed by atoms with Crippen molar-refractivity contribution in [3.05, 3.63) is 40.3 Å². The van der Waals surface area contributed by atoms with Crippen molar-refractivity contribution < 1.29 is 4.42 Å². The molecule has 0 spiro atoms. The summed E-state index contributed by atoms with van der Waals surface area (Å²) in [6.45, 7) is 2.37. The van der Waals surface area contributed by atoms with Crippen LogP contribution in [-0.4, -0.2) is 14.5 Å². The third kappa shape index (κ3) is 1.77. The highest BCUT2D eigenvalue weighted by Crippen LogP contribution is 2.25. The summed E-state index contributed by atoms with van der Waals surface area (Å²) < 4.78 is 7.03. The minimum absolute atomic E-state index is 0.388. The van der Waals surface area contributed by atoms with E-state index < -0.39 is 5.76 Å². The zero-order chi connectivity index (χ0) is 13.6. The molecule has 2 aromatic heterocycles. The monoisotopic (exact) mass is 258 g/mol. The zero-order valence-corrected chi connectivity index (χ0v) is 10.7. The molecule has 0 unspecified atom stereocenters. The van der Waals surface area contributed by atoms with Gasteiger partial charge in [0.15, 0.2) is 5.58 Å². The van der Waals surface area contributed by atoms with Crippen LogP contribution < -0.4 is 11.5 Å². The summed E-state index contributed by atoms with van der Waals surface area (Å²) in [5.41, 5.74) is 9.65. The van der Waals surface area contributed by atoms with E-state index in [2.05, 4.69) is 9.97 Å². The SMILES string of the molecule is Cc1c(-c2ccc3[nH]c(=O)oc3c2)nc(CN)n1C. The van der Waals surface area contributed by atoms with Crippen LogP contribution >= 0.6 is 0 Å². The number of rotatable bonds is 2. The first-order chi connectivity index (χ1) is 9.10. The summed E-state index contributed by atoms with van der Waals surface area (Å²) in [7, 11) is 1.93. The largest absolute Gasteiger partial charge is 0.417 e. The number of oxazole rings is 1. The lowest BCUT2D eigenvalue weighted by atomic mass is 10.1. The van der Waals surface area contributed by atoms with Crippen molar-refractivity contribution >= 4 is 11.1 Å². The van der Waals surface area contributed by atoms with E-state index in [1.54, 1.807) is 0 Å². The molecule has 3 aromatic rings. The van der Waals surface area contributed by atoms with Gasteiger partial charge < -0.3 is 14.7 Å². The summed E-state index contributed by atoms with van der Waals surface area (Å²) in [5.74, 6) is 0.371. The number of hydrogen-bond donors (Lipinski definition) is 2. The summed E-state index contributed by atoms with van der Waals surface area (Å²) in [5, 5.41) is 0. The third-order valence-corrected chi connectivity index (χ3v) is 3.35. The van der Waals surface area contributed by atoms with E-state index in [1.165, 1.54) is 0 Å². The van der Waals surface area contributed by atoms with E-state index >= 15 is 0 Å². The summed E-state index contributed by atoms with van der Waals surface area (Å²) in [4.78, 5) is 18.3. The van der Waals surface area contributed by atoms with Gasteiger partial charge in [-0.1, -0.05) is 6.07 Å². The summed E-state index contributed by atoms with van der Waals surface area (Å²) in [6.07, 6.45) is 0. The van der Waals surface area contributed by atoms with Gasteiger partial charge in [0.2, 0.25) is 0 Å². The zero-order valence-electron chi connectivity index (χ0n) is 10.7. The lowest BCUT2D eigenvalue weighted by Gasteiger charge is -2.00. The summed E-state index contributed by atoms with van der Waals surface area (Å²) in [6, 6.07) is 5.53. The maximum Gasteiger partial charge on any atom is 0.417 e. The Bertz CT molecular complexity index is 810. The molecule has 0 aliphatic rings. The number of benzene rings is 1. The Kier molecular flexibility index (Phi) is 2.53. The Morgan fingerprint density at radius 1 is 1.47 bits per heavy atom. The van der Waals surface area contributed by atoms with E-state index in [0.29, 0.717) is 17.6 Å². The molecule has 0 bridgehead atoms. The number of aromatic amines is 1. The molecule has 0 atom stereocenters. The highest BCUT2D eigenvalue weighted by molar-refractivity contribution is 5.79. The average molecular weight is 258 g/mol. The van der Waals surface area contributed by atoms with Crippen LogP contribution in [0.3, 0.4) is 0 Å². The molecule has 98 valence electrons. The molecule has 0 amide bonds. The first-order valence-electron chi connectivity index (χ1n) is 5.95. The molecule has 0 fully saturated rings. The molecule has 2 heterocycles. The van der Waals surface area contributed by atoms with Gasteiger partial charge in [-0.3, -0.25) is 4.98 Å². The molecule has 19 heavy (non-hydrogen) atoms.